The Labute approximate surface area is 133 Å². The number of ether oxygens (including phenoxy) is 1. The number of fused-ring (bicyclic) bond motifs is 8. The van der Waals surface area contributed by atoms with Crippen LogP contribution in [0.2, 0.25) is 0 Å². The van der Waals surface area contributed by atoms with Crippen molar-refractivity contribution in [2.75, 3.05) is 7.11 Å². The van der Waals surface area contributed by atoms with Gasteiger partial charge in [0.2, 0.25) is 0 Å². The molecule has 0 bridgehead atoms. The van der Waals surface area contributed by atoms with E-state index in [9.17, 15) is 0 Å². The van der Waals surface area contributed by atoms with Crippen LogP contribution in [0.5, 0.6) is 5.75 Å². The summed E-state index contributed by atoms with van der Waals surface area (Å²) in [7, 11) is 1.72. The van der Waals surface area contributed by atoms with Crippen LogP contribution in [0.4, 0.5) is 0 Å². The third-order valence-corrected chi connectivity index (χ3v) is 4.65. The molecule has 2 nitrogen and oxygen atoms in total. The summed E-state index contributed by atoms with van der Waals surface area (Å²) in [4.78, 5) is 0. The fourth-order valence-electron chi connectivity index (χ4n) is 3.61. The van der Waals surface area contributed by atoms with Crippen molar-refractivity contribution in [3.8, 4) is 5.75 Å². The van der Waals surface area contributed by atoms with Gasteiger partial charge in [0.15, 0.2) is 0 Å². The van der Waals surface area contributed by atoms with Crippen LogP contribution in [0, 0.1) is 0 Å². The zero-order valence-electron chi connectivity index (χ0n) is 12.8. The zero-order chi connectivity index (χ0) is 15.4. The van der Waals surface area contributed by atoms with E-state index >= 15 is 0 Å². The summed E-state index contributed by atoms with van der Waals surface area (Å²) in [6.07, 6.45) is 0. The Morgan fingerprint density at radius 1 is 0.652 bits per heavy atom. The normalized spacial score (nSPS) is 11.7. The Balaban J connectivity index is 2.17. The molecule has 0 fully saturated rings. The van der Waals surface area contributed by atoms with Crippen LogP contribution in [0.25, 0.3) is 38.1 Å². The summed E-state index contributed by atoms with van der Waals surface area (Å²) in [5, 5.41) is 5.00. The average Bonchev–Trinajstić information content (AvgIpc) is 3.01. The maximum absolute atomic E-state index is 5.45. The fraction of sp³-hybridized carbons (Fsp3) is 0.0476. The molecule has 0 aliphatic carbocycles. The molecular weight excluding hydrogens is 282 g/mol. The molecule has 5 rings (SSSR count). The average molecular weight is 297 g/mol. The number of nitrogens with zero attached hydrogens (tertiary/aromatic N) is 1. The van der Waals surface area contributed by atoms with Crippen LogP contribution in [0.15, 0.2) is 72.8 Å². The highest BCUT2D eigenvalue weighted by atomic mass is 16.5. The van der Waals surface area contributed by atoms with E-state index in [-0.39, 0.29) is 0 Å². The van der Waals surface area contributed by atoms with Crippen LogP contribution >= 0.6 is 0 Å². The molecule has 5 aromatic rings. The van der Waals surface area contributed by atoms with Gasteiger partial charge in [0, 0.05) is 16.2 Å². The lowest BCUT2D eigenvalue weighted by Gasteiger charge is -2.11. The minimum atomic E-state index is 0.889. The lowest BCUT2D eigenvalue weighted by Crippen LogP contribution is -1.91. The highest BCUT2D eigenvalue weighted by molar-refractivity contribution is 6.15. The molecule has 0 aliphatic rings. The summed E-state index contributed by atoms with van der Waals surface area (Å²) in [6, 6.07) is 25.7. The van der Waals surface area contributed by atoms with E-state index < -0.39 is 0 Å². The molecule has 0 unspecified atom stereocenters. The number of methoxy groups -OCH3 is 1. The maximum atomic E-state index is 5.45. The first-order valence-corrected chi connectivity index (χ1v) is 7.75. The maximum Gasteiger partial charge on any atom is 0.119 e. The van der Waals surface area contributed by atoms with Crippen LogP contribution in [-0.2, 0) is 0 Å². The quantitative estimate of drug-likeness (QED) is 0.377. The van der Waals surface area contributed by atoms with Crippen molar-refractivity contribution >= 4 is 38.1 Å². The monoisotopic (exact) mass is 297 g/mol. The van der Waals surface area contributed by atoms with E-state index in [4.69, 9.17) is 4.74 Å². The third kappa shape index (κ3) is 1.63. The SMILES string of the molecule is COc1ccc2c3ccccc3n3c4ccccc4cc3c2c1. The molecule has 0 spiro atoms. The van der Waals surface area contributed by atoms with Crippen molar-refractivity contribution in [1.29, 1.82) is 0 Å². The van der Waals surface area contributed by atoms with Crippen LogP contribution in [-0.4, -0.2) is 11.5 Å². The third-order valence-electron chi connectivity index (χ3n) is 4.65. The largest absolute Gasteiger partial charge is 0.497 e. The van der Waals surface area contributed by atoms with Gasteiger partial charge in [-0.2, -0.15) is 0 Å². The van der Waals surface area contributed by atoms with Gasteiger partial charge < -0.3 is 9.14 Å². The molecule has 0 N–H and O–H groups in total. The number of aromatic nitrogens is 1. The van der Waals surface area contributed by atoms with Crippen molar-refractivity contribution in [3.05, 3.63) is 72.8 Å². The van der Waals surface area contributed by atoms with Gasteiger partial charge in [-0.1, -0.05) is 36.4 Å². The van der Waals surface area contributed by atoms with Gasteiger partial charge in [0.1, 0.15) is 5.75 Å². The van der Waals surface area contributed by atoms with Gasteiger partial charge in [0.05, 0.1) is 23.7 Å². The summed E-state index contributed by atoms with van der Waals surface area (Å²) >= 11 is 0. The number of hydrogen-bond donors (Lipinski definition) is 0. The molecule has 2 heteroatoms. The van der Waals surface area contributed by atoms with Crippen molar-refractivity contribution < 1.29 is 4.74 Å². The van der Waals surface area contributed by atoms with Crippen molar-refractivity contribution in [2.45, 2.75) is 0 Å². The fourth-order valence-corrected chi connectivity index (χ4v) is 3.61. The van der Waals surface area contributed by atoms with E-state index in [1.807, 2.05) is 6.07 Å². The van der Waals surface area contributed by atoms with E-state index in [1.165, 1.54) is 38.1 Å². The molecule has 0 amide bonds. The second-order valence-corrected chi connectivity index (χ2v) is 5.85. The molecule has 23 heavy (non-hydrogen) atoms. The van der Waals surface area contributed by atoms with Gasteiger partial charge in [-0.25, -0.2) is 0 Å². The summed E-state index contributed by atoms with van der Waals surface area (Å²) in [6.45, 7) is 0. The van der Waals surface area contributed by atoms with Gasteiger partial charge in [0.25, 0.3) is 0 Å². The molecule has 0 aliphatic heterocycles. The molecule has 110 valence electrons. The van der Waals surface area contributed by atoms with E-state index in [0.29, 0.717) is 0 Å². The lowest BCUT2D eigenvalue weighted by molar-refractivity contribution is 0.415. The van der Waals surface area contributed by atoms with Gasteiger partial charge in [-0.05, 0) is 41.8 Å². The highest BCUT2D eigenvalue weighted by Gasteiger charge is 2.12. The Bertz CT molecular complexity index is 1200. The molecule has 0 radical (unpaired) electrons. The van der Waals surface area contributed by atoms with Gasteiger partial charge in [-0.15, -0.1) is 0 Å². The van der Waals surface area contributed by atoms with Gasteiger partial charge in [-0.3, -0.25) is 0 Å². The van der Waals surface area contributed by atoms with Crippen LogP contribution in [0.1, 0.15) is 0 Å². The summed E-state index contributed by atoms with van der Waals surface area (Å²) < 4.78 is 7.80. The minimum absolute atomic E-state index is 0.889. The van der Waals surface area contributed by atoms with Crippen molar-refractivity contribution in [2.24, 2.45) is 0 Å². The number of pyridine rings is 1. The van der Waals surface area contributed by atoms with E-state index in [1.54, 1.807) is 7.11 Å². The first kappa shape index (κ1) is 12.5. The smallest absolute Gasteiger partial charge is 0.119 e. The van der Waals surface area contributed by atoms with E-state index in [2.05, 4.69) is 71.1 Å². The Morgan fingerprint density at radius 2 is 1.43 bits per heavy atom. The minimum Gasteiger partial charge on any atom is -0.497 e. The number of hydrogen-bond acceptors (Lipinski definition) is 1. The number of rotatable bonds is 1. The first-order chi connectivity index (χ1) is 11.4. The molecular formula is C21H15NO. The summed E-state index contributed by atoms with van der Waals surface area (Å²) in [5.41, 5.74) is 3.70. The highest BCUT2D eigenvalue weighted by Crippen LogP contribution is 2.35. The molecule has 2 heterocycles. The lowest BCUT2D eigenvalue weighted by atomic mass is 10.0. The Hall–Kier alpha value is -3.00. The standard InChI is InChI=1S/C21H15NO/c1-23-15-10-11-16-17-7-3-5-9-20(17)22-19-8-4-2-6-14(19)12-21(22)18(16)13-15/h2-13H,1H3. The second-order valence-electron chi connectivity index (χ2n) is 5.85. The van der Waals surface area contributed by atoms with E-state index in [0.717, 1.165) is 5.75 Å². The topological polar surface area (TPSA) is 13.6 Å². The number of para-hydroxylation sites is 2. The molecule has 2 aromatic heterocycles. The van der Waals surface area contributed by atoms with Crippen LogP contribution in [0.3, 0.4) is 0 Å². The Kier molecular flexibility index (Phi) is 2.45. The van der Waals surface area contributed by atoms with Crippen LogP contribution < -0.4 is 4.74 Å². The van der Waals surface area contributed by atoms with Crippen molar-refractivity contribution in [1.82, 2.24) is 4.40 Å². The number of benzene rings is 3. The molecule has 0 atom stereocenters. The molecule has 3 aromatic carbocycles. The summed E-state index contributed by atoms with van der Waals surface area (Å²) in [5.74, 6) is 0.889. The van der Waals surface area contributed by atoms with Crippen molar-refractivity contribution in [3.63, 3.8) is 0 Å². The first-order valence-electron chi connectivity index (χ1n) is 7.75. The zero-order valence-corrected chi connectivity index (χ0v) is 12.8. The second kappa shape index (κ2) is 4.50. The Morgan fingerprint density at radius 3 is 2.30 bits per heavy atom. The predicted molar refractivity (Wildman–Crippen MR) is 96.5 cm³/mol. The van der Waals surface area contributed by atoms with Gasteiger partial charge >= 0.3 is 0 Å². The molecule has 0 saturated heterocycles. The predicted octanol–water partition coefficient (Wildman–Crippen LogP) is 5.41. The molecule has 0 saturated carbocycles.